The minimum Gasteiger partial charge on any atom is -0.311 e. The van der Waals surface area contributed by atoms with Gasteiger partial charge in [-0.3, -0.25) is 19.3 Å². The summed E-state index contributed by atoms with van der Waals surface area (Å²) in [7, 11) is 0. The molecule has 0 atom stereocenters. The van der Waals surface area contributed by atoms with E-state index in [9.17, 15) is 18.8 Å². The summed E-state index contributed by atoms with van der Waals surface area (Å²) in [6.07, 6.45) is 2.04. The first-order valence-corrected chi connectivity index (χ1v) is 9.50. The molecule has 6 nitrogen and oxygen atoms in total. The molecule has 0 fully saturated rings. The van der Waals surface area contributed by atoms with Crippen molar-refractivity contribution in [3.05, 3.63) is 83.8 Å². The summed E-state index contributed by atoms with van der Waals surface area (Å²) in [6.45, 7) is 0.0413. The lowest BCUT2D eigenvalue weighted by atomic mass is 10.1. The third kappa shape index (κ3) is 3.82. The molecule has 0 unspecified atom stereocenters. The van der Waals surface area contributed by atoms with Crippen molar-refractivity contribution in [3.63, 3.8) is 0 Å². The van der Waals surface area contributed by atoms with Crippen LogP contribution in [0.25, 0.3) is 11.1 Å². The van der Waals surface area contributed by atoms with Crippen molar-refractivity contribution in [2.75, 3.05) is 11.9 Å². The van der Waals surface area contributed by atoms with Crippen molar-refractivity contribution >= 4 is 23.5 Å². The Labute approximate surface area is 172 Å². The summed E-state index contributed by atoms with van der Waals surface area (Å²) in [5.41, 5.74) is 1.83. The van der Waals surface area contributed by atoms with Crippen LogP contribution in [0.1, 0.15) is 33.6 Å². The number of amides is 3. The van der Waals surface area contributed by atoms with Crippen LogP contribution in [-0.4, -0.2) is 34.2 Å². The highest BCUT2D eigenvalue weighted by Crippen LogP contribution is 2.25. The van der Waals surface area contributed by atoms with Gasteiger partial charge in [-0.2, -0.15) is 0 Å². The minimum atomic E-state index is -0.712. The number of halogens is 1. The molecular weight excluding hydrogens is 385 g/mol. The molecule has 3 amide bonds. The number of nitrogens with zero attached hydrogens (tertiary/aromatic N) is 2. The van der Waals surface area contributed by atoms with Crippen LogP contribution in [0.15, 0.2) is 66.9 Å². The number of hydrogen-bond acceptors (Lipinski definition) is 4. The quantitative estimate of drug-likeness (QED) is 0.633. The van der Waals surface area contributed by atoms with Gasteiger partial charge in [-0.15, -0.1) is 0 Å². The maximum Gasteiger partial charge on any atom is 0.264 e. The van der Waals surface area contributed by atoms with Gasteiger partial charge in [0.1, 0.15) is 11.6 Å². The van der Waals surface area contributed by atoms with Gasteiger partial charge in [0, 0.05) is 24.7 Å². The van der Waals surface area contributed by atoms with E-state index in [0.29, 0.717) is 5.82 Å². The summed E-state index contributed by atoms with van der Waals surface area (Å²) in [5.74, 6) is -1.77. The topological polar surface area (TPSA) is 79.4 Å². The highest BCUT2D eigenvalue weighted by atomic mass is 19.1. The molecule has 150 valence electrons. The summed E-state index contributed by atoms with van der Waals surface area (Å²) in [4.78, 5) is 42.0. The zero-order valence-corrected chi connectivity index (χ0v) is 16.0. The molecule has 3 aromatic rings. The van der Waals surface area contributed by atoms with Gasteiger partial charge in [0.2, 0.25) is 5.91 Å². The smallest absolute Gasteiger partial charge is 0.264 e. The molecule has 0 saturated carbocycles. The number of hydrogen-bond donors (Lipinski definition) is 1. The lowest BCUT2D eigenvalue weighted by molar-refractivity contribution is -0.116. The van der Waals surface area contributed by atoms with Crippen LogP contribution in [0, 0.1) is 5.82 Å². The largest absolute Gasteiger partial charge is 0.311 e. The Morgan fingerprint density at radius 3 is 2.43 bits per heavy atom. The number of aromatic nitrogens is 1. The molecule has 0 saturated heterocycles. The zero-order valence-electron chi connectivity index (χ0n) is 16.0. The number of benzene rings is 2. The second kappa shape index (κ2) is 8.24. The van der Waals surface area contributed by atoms with Crippen molar-refractivity contribution in [2.45, 2.75) is 12.8 Å². The molecule has 30 heavy (non-hydrogen) atoms. The Balaban J connectivity index is 1.30. The zero-order chi connectivity index (χ0) is 21.1. The molecule has 0 radical (unpaired) electrons. The van der Waals surface area contributed by atoms with E-state index >= 15 is 0 Å². The standard InChI is InChI=1S/C23H18FN3O3/c24-18-9-4-8-17-21(18)23(30)27(22(17)29)13-5-10-20(28)26-19-12-11-16(14-25-19)15-6-2-1-3-7-15/h1-4,6-9,11-12,14H,5,10,13H2,(H,25,26,28). The van der Waals surface area contributed by atoms with E-state index in [4.69, 9.17) is 0 Å². The number of anilines is 1. The average molecular weight is 403 g/mol. The number of fused-ring (bicyclic) bond motifs is 1. The molecule has 1 N–H and O–H groups in total. The summed E-state index contributed by atoms with van der Waals surface area (Å²) in [6, 6.07) is 17.3. The van der Waals surface area contributed by atoms with Gasteiger partial charge in [-0.05, 0) is 36.2 Å². The van der Waals surface area contributed by atoms with Gasteiger partial charge >= 0.3 is 0 Å². The number of carbonyl (C=O) groups is 3. The van der Waals surface area contributed by atoms with E-state index in [1.165, 1.54) is 12.1 Å². The summed E-state index contributed by atoms with van der Waals surface area (Å²) >= 11 is 0. The average Bonchev–Trinajstić information content (AvgIpc) is 3.01. The first kappa shape index (κ1) is 19.4. The van der Waals surface area contributed by atoms with Gasteiger partial charge in [0.05, 0.1) is 11.1 Å². The molecule has 2 aromatic carbocycles. The summed E-state index contributed by atoms with van der Waals surface area (Å²) < 4.78 is 13.8. The predicted molar refractivity (Wildman–Crippen MR) is 109 cm³/mol. The first-order valence-electron chi connectivity index (χ1n) is 9.50. The molecule has 0 bridgehead atoms. The van der Waals surface area contributed by atoms with Crippen LogP contribution in [-0.2, 0) is 4.79 Å². The number of pyridine rings is 1. The van der Waals surface area contributed by atoms with Crippen LogP contribution >= 0.6 is 0 Å². The van der Waals surface area contributed by atoms with Gasteiger partial charge in [0.15, 0.2) is 0 Å². The fourth-order valence-corrected chi connectivity index (χ4v) is 3.37. The summed E-state index contributed by atoms with van der Waals surface area (Å²) in [5, 5.41) is 2.70. The Morgan fingerprint density at radius 2 is 1.73 bits per heavy atom. The Hall–Kier alpha value is -3.87. The molecule has 1 aliphatic heterocycles. The van der Waals surface area contributed by atoms with Crippen LogP contribution in [0.5, 0.6) is 0 Å². The molecular formula is C23H18FN3O3. The van der Waals surface area contributed by atoms with E-state index in [1.807, 2.05) is 36.4 Å². The van der Waals surface area contributed by atoms with Crippen LogP contribution in [0.2, 0.25) is 0 Å². The predicted octanol–water partition coefficient (Wildman–Crippen LogP) is 3.90. The fraction of sp³-hybridized carbons (Fsp3) is 0.130. The van der Waals surface area contributed by atoms with Crippen molar-refractivity contribution in [1.29, 1.82) is 0 Å². The molecule has 2 heterocycles. The number of carbonyl (C=O) groups excluding carboxylic acids is 3. The highest BCUT2D eigenvalue weighted by molar-refractivity contribution is 6.21. The van der Waals surface area contributed by atoms with Crippen molar-refractivity contribution in [2.24, 2.45) is 0 Å². The number of nitrogens with one attached hydrogen (secondary N) is 1. The lowest BCUT2D eigenvalue weighted by Crippen LogP contribution is -2.31. The number of imide groups is 1. The fourth-order valence-electron chi connectivity index (χ4n) is 3.37. The second-order valence-corrected chi connectivity index (χ2v) is 6.87. The van der Waals surface area contributed by atoms with Gasteiger partial charge in [0.25, 0.3) is 11.8 Å². The van der Waals surface area contributed by atoms with Crippen LogP contribution < -0.4 is 5.32 Å². The van der Waals surface area contributed by atoms with Crippen molar-refractivity contribution in [1.82, 2.24) is 9.88 Å². The highest BCUT2D eigenvalue weighted by Gasteiger charge is 2.37. The van der Waals surface area contributed by atoms with Gasteiger partial charge < -0.3 is 5.32 Å². The van der Waals surface area contributed by atoms with Gasteiger partial charge in [-0.1, -0.05) is 36.4 Å². The lowest BCUT2D eigenvalue weighted by Gasteiger charge is -2.13. The third-order valence-corrected chi connectivity index (χ3v) is 4.87. The maximum atomic E-state index is 13.8. The maximum absolute atomic E-state index is 13.8. The van der Waals surface area contributed by atoms with Crippen LogP contribution in [0.3, 0.4) is 0 Å². The van der Waals surface area contributed by atoms with E-state index in [2.05, 4.69) is 10.3 Å². The Bertz CT molecular complexity index is 1110. The molecule has 7 heteroatoms. The second-order valence-electron chi connectivity index (χ2n) is 6.87. The Morgan fingerprint density at radius 1 is 0.933 bits per heavy atom. The molecule has 4 rings (SSSR count). The van der Waals surface area contributed by atoms with Crippen molar-refractivity contribution in [3.8, 4) is 11.1 Å². The van der Waals surface area contributed by atoms with E-state index in [-0.39, 0.29) is 36.4 Å². The van der Waals surface area contributed by atoms with Crippen molar-refractivity contribution < 1.29 is 18.8 Å². The molecule has 1 aromatic heterocycles. The van der Waals surface area contributed by atoms with E-state index < -0.39 is 17.6 Å². The first-order chi connectivity index (χ1) is 14.5. The Kier molecular flexibility index (Phi) is 5.34. The number of rotatable bonds is 6. The molecule has 0 aliphatic carbocycles. The normalized spacial score (nSPS) is 12.8. The monoisotopic (exact) mass is 403 g/mol. The molecule has 1 aliphatic rings. The third-order valence-electron chi connectivity index (χ3n) is 4.87. The SMILES string of the molecule is O=C(CCCN1C(=O)c2cccc(F)c2C1=O)Nc1ccc(-c2ccccc2)cn1. The van der Waals surface area contributed by atoms with E-state index in [1.54, 1.807) is 12.3 Å². The van der Waals surface area contributed by atoms with E-state index in [0.717, 1.165) is 22.1 Å². The minimum absolute atomic E-state index is 0.0413. The van der Waals surface area contributed by atoms with Gasteiger partial charge in [-0.25, -0.2) is 9.37 Å². The van der Waals surface area contributed by atoms with Crippen LogP contribution in [0.4, 0.5) is 10.2 Å². The molecule has 0 spiro atoms.